The molecule has 5 aromatic carbocycles. The summed E-state index contributed by atoms with van der Waals surface area (Å²) in [5.41, 5.74) is 6.62. The van der Waals surface area contributed by atoms with E-state index in [2.05, 4.69) is 72.8 Å². The van der Waals surface area contributed by atoms with Gasteiger partial charge in [-0.3, -0.25) is 0 Å². The molecule has 0 bridgehead atoms. The molecule has 5 aromatic rings. The summed E-state index contributed by atoms with van der Waals surface area (Å²) in [5, 5.41) is 0. The van der Waals surface area contributed by atoms with E-state index in [1.54, 1.807) is 12.1 Å². The molecule has 166 valence electrons. The van der Waals surface area contributed by atoms with Crippen molar-refractivity contribution in [3.8, 4) is 22.3 Å². The lowest BCUT2D eigenvalue weighted by Gasteiger charge is -2.04. The van der Waals surface area contributed by atoms with Crippen LogP contribution in [0.5, 0.6) is 0 Å². The van der Waals surface area contributed by atoms with Crippen LogP contribution in [0, 0.1) is 0 Å². The number of hydrogen-bond donors (Lipinski definition) is 0. The van der Waals surface area contributed by atoms with Gasteiger partial charge in [-0.2, -0.15) is 0 Å². The van der Waals surface area contributed by atoms with Gasteiger partial charge in [0.15, 0.2) is 0 Å². The van der Waals surface area contributed by atoms with Gasteiger partial charge >= 0.3 is 5.97 Å². The molecule has 0 aliphatic heterocycles. The Balaban J connectivity index is 0.000000162. The van der Waals surface area contributed by atoms with E-state index in [0.717, 1.165) is 5.56 Å². The van der Waals surface area contributed by atoms with Crippen molar-refractivity contribution in [2.24, 2.45) is 0 Å². The highest BCUT2D eigenvalue weighted by atomic mass is 16.5. The predicted molar refractivity (Wildman–Crippen MR) is 139 cm³/mol. The molecular formula is C32H26O2. The lowest BCUT2D eigenvalue weighted by Crippen LogP contribution is -2.04. The molecule has 0 aliphatic carbocycles. The Morgan fingerprint density at radius 3 is 1.24 bits per heavy atom. The van der Waals surface area contributed by atoms with Gasteiger partial charge in [0.25, 0.3) is 0 Å². The predicted octanol–water partition coefficient (Wildman–Crippen LogP) is 8.06. The Labute approximate surface area is 201 Å². The minimum Gasteiger partial charge on any atom is -0.457 e. The van der Waals surface area contributed by atoms with Crippen LogP contribution in [-0.4, -0.2) is 5.97 Å². The maximum Gasteiger partial charge on any atom is 0.338 e. The van der Waals surface area contributed by atoms with Crippen molar-refractivity contribution < 1.29 is 9.53 Å². The number of hydrogen-bond acceptors (Lipinski definition) is 2. The van der Waals surface area contributed by atoms with E-state index in [4.69, 9.17) is 4.74 Å². The van der Waals surface area contributed by atoms with Gasteiger partial charge in [0.05, 0.1) is 5.56 Å². The molecular weight excluding hydrogens is 416 g/mol. The van der Waals surface area contributed by atoms with Gasteiger partial charge in [0.2, 0.25) is 0 Å². The molecule has 5 rings (SSSR count). The second kappa shape index (κ2) is 12.0. The van der Waals surface area contributed by atoms with Crippen LogP contribution in [0.25, 0.3) is 22.3 Å². The van der Waals surface area contributed by atoms with E-state index in [1.165, 1.54) is 22.3 Å². The van der Waals surface area contributed by atoms with Gasteiger partial charge in [-0.25, -0.2) is 4.79 Å². The SMILES string of the molecule is O=C(OCc1ccccc1)c1ccccc1.c1ccc(-c2ccc(-c3ccccc3)cc2)cc1. The second-order valence-corrected chi connectivity index (χ2v) is 7.74. The van der Waals surface area contributed by atoms with Crippen molar-refractivity contribution in [3.05, 3.63) is 157 Å². The molecule has 0 radical (unpaired) electrons. The summed E-state index contributed by atoms with van der Waals surface area (Å²) in [5.74, 6) is -0.288. The quantitative estimate of drug-likeness (QED) is 0.257. The fourth-order valence-electron chi connectivity index (χ4n) is 3.50. The van der Waals surface area contributed by atoms with Crippen molar-refractivity contribution in [3.63, 3.8) is 0 Å². The van der Waals surface area contributed by atoms with Crippen molar-refractivity contribution in [1.29, 1.82) is 0 Å². The van der Waals surface area contributed by atoms with E-state index in [-0.39, 0.29) is 5.97 Å². The number of carbonyl (C=O) groups is 1. The molecule has 0 atom stereocenters. The molecule has 0 saturated heterocycles. The van der Waals surface area contributed by atoms with Gasteiger partial charge in [0.1, 0.15) is 6.61 Å². The Morgan fingerprint density at radius 1 is 0.441 bits per heavy atom. The minimum absolute atomic E-state index is 0.288. The molecule has 0 saturated carbocycles. The van der Waals surface area contributed by atoms with E-state index in [0.29, 0.717) is 12.2 Å². The lowest BCUT2D eigenvalue weighted by molar-refractivity contribution is 0.0472. The van der Waals surface area contributed by atoms with Crippen LogP contribution < -0.4 is 0 Å². The summed E-state index contributed by atoms with van der Waals surface area (Å²) >= 11 is 0. The maximum atomic E-state index is 11.6. The minimum atomic E-state index is -0.288. The maximum absolute atomic E-state index is 11.6. The third kappa shape index (κ3) is 6.54. The van der Waals surface area contributed by atoms with Crippen LogP contribution in [-0.2, 0) is 11.3 Å². The average molecular weight is 443 g/mol. The fraction of sp³-hybridized carbons (Fsp3) is 0.0312. The van der Waals surface area contributed by atoms with Crippen LogP contribution in [0.1, 0.15) is 15.9 Å². The molecule has 34 heavy (non-hydrogen) atoms. The van der Waals surface area contributed by atoms with Gasteiger partial charge in [-0.1, -0.05) is 133 Å². The first-order valence-corrected chi connectivity index (χ1v) is 11.3. The molecule has 0 aliphatic rings. The first-order chi connectivity index (χ1) is 16.8. The van der Waals surface area contributed by atoms with Crippen molar-refractivity contribution in [1.82, 2.24) is 0 Å². The highest BCUT2D eigenvalue weighted by Gasteiger charge is 2.05. The summed E-state index contributed by atoms with van der Waals surface area (Å²) in [6.45, 7) is 0.314. The Hall–Kier alpha value is -4.43. The summed E-state index contributed by atoms with van der Waals surface area (Å²) < 4.78 is 5.18. The molecule has 0 amide bonds. The smallest absolute Gasteiger partial charge is 0.338 e. The zero-order valence-electron chi connectivity index (χ0n) is 18.9. The van der Waals surface area contributed by atoms with E-state index >= 15 is 0 Å². The summed E-state index contributed by atoms with van der Waals surface area (Å²) in [6.07, 6.45) is 0. The fourth-order valence-corrected chi connectivity index (χ4v) is 3.50. The third-order valence-corrected chi connectivity index (χ3v) is 5.32. The van der Waals surface area contributed by atoms with Gasteiger partial charge in [-0.15, -0.1) is 0 Å². The topological polar surface area (TPSA) is 26.3 Å². The average Bonchev–Trinajstić information content (AvgIpc) is 2.94. The summed E-state index contributed by atoms with van der Waals surface area (Å²) in [7, 11) is 0. The van der Waals surface area contributed by atoms with E-state index in [9.17, 15) is 4.79 Å². The first kappa shape index (κ1) is 22.8. The zero-order valence-corrected chi connectivity index (χ0v) is 18.9. The third-order valence-electron chi connectivity index (χ3n) is 5.32. The highest BCUT2D eigenvalue weighted by molar-refractivity contribution is 5.89. The molecule has 2 nitrogen and oxygen atoms in total. The van der Waals surface area contributed by atoms with Crippen molar-refractivity contribution in [2.75, 3.05) is 0 Å². The number of rotatable bonds is 5. The van der Waals surface area contributed by atoms with Crippen LogP contribution in [0.4, 0.5) is 0 Å². The highest BCUT2D eigenvalue weighted by Crippen LogP contribution is 2.24. The Kier molecular flexibility index (Phi) is 8.02. The van der Waals surface area contributed by atoms with Crippen LogP contribution in [0.2, 0.25) is 0 Å². The van der Waals surface area contributed by atoms with Gasteiger partial charge in [-0.05, 0) is 39.9 Å². The number of esters is 1. The van der Waals surface area contributed by atoms with Crippen LogP contribution in [0.15, 0.2) is 146 Å². The van der Waals surface area contributed by atoms with Crippen LogP contribution >= 0.6 is 0 Å². The molecule has 0 aromatic heterocycles. The number of ether oxygens (including phenoxy) is 1. The standard InChI is InChI=1S/C18H14.C14H12O2/c1-3-7-15(8-4-1)17-11-13-18(14-12-17)16-9-5-2-6-10-16;15-14(13-9-5-2-6-10-13)16-11-12-7-3-1-4-8-12/h1-14H;1-10H,11H2. The summed E-state index contributed by atoms with van der Waals surface area (Å²) in [4.78, 5) is 11.6. The molecule has 2 heteroatoms. The van der Waals surface area contributed by atoms with Crippen LogP contribution in [0.3, 0.4) is 0 Å². The second-order valence-electron chi connectivity index (χ2n) is 7.74. The first-order valence-electron chi connectivity index (χ1n) is 11.3. The number of benzene rings is 5. The summed E-state index contributed by atoms with van der Waals surface area (Å²) in [6, 6.07) is 48.3. The Morgan fingerprint density at radius 2 is 0.794 bits per heavy atom. The zero-order chi connectivity index (χ0) is 23.4. The van der Waals surface area contributed by atoms with Gasteiger partial charge < -0.3 is 4.74 Å². The van der Waals surface area contributed by atoms with Gasteiger partial charge in [0, 0.05) is 0 Å². The molecule has 0 spiro atoms. The monoisotopic (exact) mass is 442 g/mol. The van der Waals surface area contributed by atoms with E-state index < -0.39 is 0 Å². The lowest BCUT2D eigenvalue weighted by atomic mass is 10.0. The molecule has 0 N–H and O–H groups in total. The normalized spacial score (nSPS) is 10.0. The van der Waals surface area contributed by atoms with Crippen molar-refractivity contribution >= 4 is 5.97 Å². The molecule has 0 fully saturated rings. The molecule has 0 unspecified atom stereocenters. The molecule has 0 heterocycles. The number of carbonyl (C=O) groups excluding carboxylic acids is 1. The Bertz CT molecular complexity index is 1210. The van der Waals surface area contributed by atoms with E-state index in [1.807, 2.05) is 60.7 Å². The van der Waals surface area contributed by atoms with Crippen molar-refractivity contribution in [2.45, 2.75) is 6.61 Å². The largest absolute Gasteiger partial charge is 0.457 e.